The van der Waals surface area contributed by atoms with Crippen molar-refractivity contribution in [3.63, 3.8) is 0 Å². The monoisotopic (exact) mass is 381 g/mol. The van der Waals surface area contributed by atoms with Gasteiger partial charge < -0.3 is 10.6 Å². The number of nitrogens with one attached hydrogen (secondary N) is 2. The quantitative estimate of drug-likeness (QED) is 0.656. The number of hydrogen-bond donors (Lipinski definition) is 2. The molecule has 0 bridgehead atoms. The lowest BCUT2D eigenvalue weighted by Crippen LogP contribution is -2.12. The molecule has 0 atom stereocenters. The summed E-state index contributed by atoms with van der Waals surface area (Å²) in [5.41, 5.74) is 3.63. The Hall–Kier alpha value is -2.66. The number of hydrogen-bond acceptors (Lipinski definition) is 3. The van der Waals surface area contributed by atoms with Crippen molar-refractivity contribution in [2.45, 2.75) is 6.92 Å². The van der Waals surface area contributed by atoms with Gasteiger partial charge in [-0.1, -0.05) is 34.1 Å². The third kappa shape index (κ3) is 4.20. The zero-order valence-electron chi connectivity index (χ0n) is 13.1. The second-order valence-electron chi connectivity index (χ2n) is 5.39. The van der Waals surface area contributed by atoms with Crippen LogP contribution in [-0.4, -0.2) is 10.9 Å². The van der Waals surface area contributed by atoms with Crippen LogP contribution in [-0.2, 0) is 0 Å². The Morgan fingerprint density at radius 3 is 2.54 bits per heavy atom. The second-order valence-corrected chi connectivity index (χ2v) is 6.31. The van der Waals surface area contributed by atoms with Crippen LogP contribution in [0.1, 0.15) is 15.9 Å². The number of aromatic nitrogens is 1. The van der Waals surface area contributed by atoms with Crippen LogP contribution in [0.2, 0.25) is 0 Å². The minimum atomic E-state index is -0.191. The van der Waals surface area contributed by atoms with Crippen LogP contribution in [0.25, 0.3) is 0 Å². The first-order valence-electron chi connectivity index (χ1n) is 7.47. The van der Waals surface area contributed by atoms with E-state index in [4.69, 9.17) is 0 Å². The van der Waals surface area contributed by atoms with Crippen molar-refractivity contribution < 1.29 is 4.79 Å². The van der Waals surface area contributed by atoms with Gasteiger partial charge in [0.25, 0.3) is 5.91 Å². The van der Waals surface area contributed by atoms with E-state index in [0.29, 0.717) is 11.4 Å². The van der Waals surface area contributed by atoms with Crippen LogP contribution in [0.5, 0.6) is 0 Å². The lowest BCUT2D eigenvalue weighted by Gasteiger charge is -2.08. The first kappa shape index (κ1) is 16.2. The number of anilines is 3. The molecule has 0 aliphatic carbocycles. The van der Waals surface area contributed by atoms with E-state index in [9.17, 15) is 4.79 Å². The molecule has 0 radical (unpaired) electrons. The highest BCUT2D eigenvalue weighted by Gasteiger charge is 2.07. The molecule has 4 nitrogen and oxygen atoms in total. The smallest absolute Gasteiger partial charge is 0.256 e. The maximum Gasteiger partial charge on any atom is 0.256 e. The molecule has 1 heterocycles. The average molecular weight is 382 g/mol. The first-order chi connectivity index (χ1) is 11.6. The molecule has 0 spiro atoms. The fraction of sp³-hybridized carbons (Fsp3) is 0.0526. The van der Waals surface area contributed by atoms with Crippen LogP contribution in [0.3, 0.4) is 0 Å². The molecule has 1 aromatic heterocycles. The van der Waals surface area contributed by atoms with E-state index in [0.717, 1.165) is 15.8 Å². The number of carbonyl (C=O) groups excluding carboxylic acids is 1. The first-order valence-corrected chi connectivity index (χ1v) is 8.26. The summed E-state index contributed by atoms with van der Waals surface area (Å²) in [5, 5.41) is 6.07. The van der Waals surface area contributed by atoms with Gasteiger partial charge >= 0.3 is 0 Å². The molecule has 1 amide bonds. The predicted octanol–water partition coefficient (Wildman–Crippen LogP) is 5.15. The number of benzene rings is 2. The van der Waals surface area contributed by atoms with Gasteiger partial charge in [0, 0.05) is 15.7 Å². The molecule has 5 heteroatoms. The molecule has 0 fully saturated rings. The third-order valence-corrected chi connectivity index (χ3v) is 3.89. The molecular weight excluding hydrogens is 366 g/mol. The average Bonchev–Trinajstić information content (AvgIpc) is 2.57. The number of carbonyl (C=O) groups is 1. The molecule has 0 unspecified atom stereocenters. The maximum absolute atomic E-state index is 12.2. The Morgan fingerprint density at radius 1 is 1.00 bits per heavy atom. The fourth-order valence-corrected chi connectivity index (χ4v) is 2.65. The standard InChI is InChI=1S/C19H16BrN3O/c1-13-4-2-7-16(10-13)22-17-8-9-18(21-12-17)23-19(24)14-5-3-6-15(20)11-14/h2-12,22H,1H3,(H,21,23,24). The van der Waals surface area contributed by atoms with Gasteiger partial charge in [0.1, 0.15) is 5.82 Å². The Morgan fingerprint density at radius 2 is 1.83 bits per heavy atom. The number of halogens is 1. The number of nitrogens with zero attached hydrogens (tertiary/aromatic N) is 1. The molecule has 3 rings (SSSR count). The van der Waals surface area contributed by atoms with Crippen LogP contribution in [0.4, 0.5) is 17.2 Å². The third-order valence-electron chi connectivity index (χ3n) is 3.40. The van der Waals surface area contributed by atoms with E-state index in [2.05, 4.69) is 37.6 Å². The topological polar surface area (TPSA) is 54.0 Å². The van der Waals surface area contributed by atoms with Crippen molar-refractivity contribution >= 4 is 39.0 Å². The Balaban J connectivity index is 1.67. The highest BCUT2D eigenvalue weighted by atomic mass is 79.9. The van der Waals surface area contributed by atoms with Crippen molar-refractivity contribution in [1.82, 2.24) is 4.98 Å². The summed E-state index contributed by atoms with van der Waals surface area (Å²) in [7, 11) is 0. The van der Waals surface area contributed by atoms with Crippen molar-refractivity contribution in [1.29, 1.82) is 0 Å². The minimum absolute atomic E-state index is 0.191. The summed E-state index contributed by atoms with van der Waals surface area (Å²) in [4.78, 5) is 16.5. The number of aryl methyl sites for hydroxylation is 1. The Kier molecular flexibility index (Phi) is 4.91. The zero-order valence-corrected chi connectivity index (χ0v) is 14.7. The largest absolute Gasteiger partial charge is 0.354 e. The zero-order chi connectivity index (χ0) is 16.9. The van der Waals surface area contributed by atoms with E-state index < -0.39 is 0 Å². The van der Waals surface area contributed by atoms with Gasteiger partial charge in [-0.25, -0.2) is 4.98 Å². The second kappa shape index (κ2) is 7.27. The summed E-state index contributed by atoms with van der Waals surface area (Å²) in [5.74, 6) is 0.318. The molecule has 0 saturated heterocycles. The number of rotatable bonds is 4. The SMILES string of the molecule is Cc1cccc(Nc2ccc(NC(=O)c3cccc(Br)c3)nc2)c1. The normalized spacial score (nSPS) is 10.2. The van der Waals surface area contributed by atoms with E-state index >= 15 is 0 Å². The maximum atomic E-state index is 12.2. The molecule has 3 aromatic rings. The predicted molar refractivity (Wildman–Crippen MR) is 101 cm³/mol. The molecule has 0 aliphatic heterocycles. The highest BCUT2D eigenvalue weighted by molar-refractivity contribution is 9.10. The van der Waals surface area contributed by atoms with Gasteiger partial charge in [-0.2, -0.15) is 0 Å². The summed E-state index contributed by atoms with van der Waals surface area (Å²) in [6, 6.07) is 19.0. The van der Waals surface area contributed by atoms with E-state index in [-0.39, 0.29) is 5.91 Å². The van der Waals surface area contributed by atoms with Crippen LogP contribution >= 0.6 is 15.9 Å². The minimum Gasteiger partial charge on any atom is -0.354 e. The molecular formula is C19H16BrN3O. The molecule has 0 saturated carbocycles. The van der Waals surface area contributed by atoms with E-state index in [1.807, 2.05) is 43.3 Å². The number of pyridine rings is 1. The number of amides is 1. The summed E-state index contributed by atoms with van der Waals surface area (Å²) in [6.07, 6.45) is 1.69. The Labute approximate surface area is 149 Å². The Bertz CT molecular complexity index is 862. The lowest BCUT2D eigenvalue weighted by molar-refractivity contribution is 0.102. The molecule has 24 heavy (non-hydrogen) atoms. The summed E-state index contributed by atoms with van der Waals surface area (Å²) >= 11 is 3.36. The highest BCUT2D eigenvalue weighted by Crippen LogP contribution is 2.18. The van der Waals surface area contributed by atoms with Crippen molar-refractivity contribution in [3.8, 4) is 0 Å². The molecule has 0 aliphatic rings. The van der Waals surface area contributed by atoms with Gasteiger partial charge in [-0.3, -0.25) is 4.79 Å². The van der Waals surface area contributed by atoms with Crippen molar-refractivity contribution in [2.75, 3.05) is 10.6 Å². The summed E-state index contributed by atoms with van der Waals surface area (Å²) in [6.45, 7) is 2.05. The fourth-order valence-electron chi connectivity index (χ4n) is 2.25. The van der Waals surface area contributed by atoms with Gasteiger partial charge in [0.2, 0.25) is 0 Å². The molecule has 2 N–H and O–H groups in total. The van der Waals surface area contributed by atoms with Crippen LogP contribution < -0.4 is 10.6 Å². The molecule has 2 aromatic carbocycles. The summed E-state index contributed by atoms with van der Waals surface area (Å²) < 4.78 is 0.862. The van der Waals surface area contributed by atoms with Crippen LogP contribution in [0.15, 0.2) is 71.3 Å². The van der Waals surface area contributed by atoms with Gasteiger partial charge in [-0.15, -0.1) is 0 Å². The van der Waals surface area contributed by atoms with Gasteiger partial charge in [0.15, 0.2) is 0 Å². The van der Waals surface area contributed by atoms with Gasteiger partial charge in [0.05, 0.1) is 11.9 Å². The van der Waals surface area contributed by atoms with E-state index in [1.54, 1.807) is 24.4 Å². The lowest BCUT2D eigenvalue weighted by atomic mass is 10.2. The molecule has 120 valence electrons. The van der Waals surface area contributed by atoms with Gasteiger partial charge in [-0.05, 0) is 55.0 Å². The van der Waals surface area contributed by atoms with E-state index in [1.165, 1.54) is 5.56 Å². The van der Waals surface area contributed by atoms with Crippen LogP contribution in [0, 0.1) is 6.92 Å². The van der Waals surface area contributed by atoms with Crippen molar-refractivity contribution in [2.24, 2.45) is 0 Å². The van der Waals surface area contributed by atoms with Crippen molar-refractivity contribution in [3.05, 3.63) is 82.5 Å².